The highest BCUT2D eigenvalue weighted by molar-refractivity contribution is 6.07. The van der Waals surface area contributed by atoms with Gasteiger partial charge in [-0.3, -0.25) is 15.1 Å². The summed E-state index contributed by atoms with van der Waals surface area (Å²) in [6.07, 6.45) is 1.72. The van der Waals surface area contributed by atoms with Crippen LogP contribution in [0.4, 0.5) is 5.95 Å². The number of carbonyl (C=O) groups excluding carboxylic acids is 1. The van der Waals surface area contributed by atoms with Gasteiger partial charge in [-0.2, -0.15) is 0 Å². The minimum Gasteiger partial charge on any atom is -0.289 e. The molecular formula is C14H14N6O. The van der Waals surface area contributed by atoms with E-state index >= 15 is 0 Å². The van der Waals surface area contributed by atoms with Crippen molar-refractivity contribution < 1.29 is 4.79 Å². The van der Waals surface area contributed by atoms with E-state index in [1.165, 1.54) is 4.68 Å². The first-order valence-corrected chi connectivity index (χ1v) is 6.62. The van der Waals surface area contributed by atoms with Gasteiger partial charge in [0.05, 0.1) is 5.52 Å². The maximum absolute atomic E-state index is 12.4. The number of pyridine rings is 1. The lowest BCUT2D eigenvalue weighted by atomic mass is 10.0. The fourth-order valence-electron chi connectivity index (χ4n) is 2.21. The summed E-state index contributed by atoms with van der Waals surface area (Å²) >= 11 is 0. The monoisotopic (exact) mass is 282 g/mol. The number of carbonyl (C=O) groups is 1. The first kappa shape index (κ1) is 13.2. The van der Waals surface area contributed by atoms with Gasteiger partial charge in [-0.25, -0.2) is 4.68 Å². The molecule has 3 aromatic rings. The number of rotatable bonds is 3. The molecule has 0 radical (unpaired) electrons. The van der Waals surface area contributed by atoms with Gasteiger partial charge in [-0.05, 0) is 42.0 Å². The van der Waals surface area contributed by atoms with E-state index in [4.69, 9.17) is 0 Å². The summed E-state index contributed by atoms with van der Waals surface area (Å²) in [7, 11) is 0. The minimum absolute atomic E-state index is 0.246. The molecule has 2 heterocycles. The zero-order valence-corrected chi connectivity index (χ0v) is 11.7. The van der Waals surface area contributed by atoms with Crippen LogP contribution in [0.5, 0.6) is 0 Å². The van der Waals surface area contributed by atoms with E-state index in [-0.39, 0.29) is 5.91 Å². The van der Waals surface area contributed by atoms with Gasteiger partial charge in [-0.15, -0.1) is 0 Å². The van der Waals surface area contributed by atoms with Gasteiger partial charge < -0.3 is 0 Å². The molecule has 1 amide bonds. The summed E-state index contributed by atoms with van der Waals surface area (Å²) in [4.78, 5) is 16.7. The number of aromatic nitrogens is 5. The smallest absolute Gasteiger partial charge is 0.258 e. The highest BCUT2D eigenvalue weighted by Crippen LogP contribution is 2.20. The van der Waals surface area contributed by atoms with Crippen LogP contribution < -0.4 is 5.32 Å². The van der Waals surface area contributed by atoms with Gasteiger partial charge in [0, 0.05) is 23.7 Å². The molecule has 0 bridgehead atoms. The second-order valence-electron chi connectivity index (χ2n) is 4.59. The predicted octanol–water partition coefficient (Wildman–Crippen LogP) is 1.80. The molecule has 0 atom stereocenters. The summed E-state index contributed by atoms with van der Waals surface area (Å²) in [5.41, 5.74) is 2.22. The van der Waals surface area contributed by atoms with E-state index < -0.39 is 0 Å². The van der Waals surface area contributed by atoms with Crippen LogP contribution in [0, 0.1) is 6.92 Å². The highest BCUT2D eigenvalue weighted by Gasteiger charge is 2.15. The number of benzene rings is 1. The topological polar surface area (TPSA) is 85.6 Å². The van der Waals surface area contributed by atoms with E-state index in [0.29, 0.717) is 18.1 Å². The Hall–Kier alpha value is -2.83. The lowest BCUT2D eigenvalue weighted by Crippen LogP contribution is -2.17. The van der Waals surface area contributed by atoms with Crippen molar-refractivity contribution in [3.63, 3.8) is 0 Å². The molecule has 0 aliphatic rings. The molecule has 106 valence electrons. The first-order chi connectivity index (χ1) is 10.2. The van der Waals surface area contributed by atoms with Gasteiger partial charge in [0.25, 0.3) is 5.91 Å². The number of hydrogen-bond donors (Lipinski definition) is 1. The Kier molecular flexibility index (Phi) is 3.31. The van der Waals surface area contributed by atoms with Gasteiger partial charge in [-0.1, -0.05) is 17.2 Å². The van der Waals surface area contributed by atoms with Crippen molar-refractivity contribution in [2.24, 2.45) is 0 Å². The van der Waals surface area contributed by atoms with Crippen LogP contribution in [-0.4, -0.2) is 31.1 Å². The SMILES string of the molecule is CCn1nnnc1NC(=O)c1ccc2cccnc2c1C. The molecular weight excluding hydrogens is 268 g/mol. The summed E-state index contributed by atoms with van der Waals surface area (Å²) < 4.78 is 1.52. The number of anilines is 1. The number of tetrazole rings is 1. The highest BCUT2D eigenvalue weighted by atomic mass is 16.1. The first-order valence-electron chi connectivity index (χ1n) is 6.62. The molecule has 3 rings (SSSR count). The van der Waals surface area contributed by atoms with Crippen LogP contribution in [0.2, 0.25) is 0 Å². The lowest BCUT2D eigenvalue weighted by Gasteiger charge is -2.09. The number of hydrogen-bond acceptors (Lipinski definition) is 5. The summed E-state index contributed by atoms with van der Waals surface area (Å²) in [6, 6.07) is 7.51. The molecule has 0 fully saturated rings. The molecule has 0 unspecified atom stereocenters. The summed E-state index contributed by atoms with van der Waals surface area (Å²) in [6.45, 7) is 4.37. The van der Waals surface area contributed by atoms with Crippen molar-refractivity contribution in [1.29, 1.82) is 0 Å². The number of amides is 1. The predicted molar refractivity (Wildman–Crippen MR) is 77.9 cm³/mol. The Balaban J connectivity index is 1.97. The van der Waals surface area contributed by atoms with E-state index in [9.17, 15) is 4.79 Å². The maximum Gasteiger partial charge on any atom is 0.258 e. The Morgan fingerprint density at radius 1 is 1.33 bits per heavy atom. The minimum atomic E-state index is -0.246. The summed E-state index contributed by atoms with van der Waals surface area (Å²) in [5.74, 6) is 0.0903. The Bertz CT molecular complexity index is 810. The zero-order valence-electron chi connectivity index (χ0n) is 11.7. The van der Waals surface area contributed by atoms with E-state index in [1.807, 2.05) is 32.0 Å². The molecule has 0 saturated carbocycles. The van der Waals surface area contributed by atoms with E-state index in [0.717, 1.165) is 16.5 Å². The van der Waals surface area contributed by atoms with Crippen LogP contribution in [0.1, 0.15) is 22.8 Å². The Morgan fingerprint density at radius 3 is 3.00 bits per heavy atom. The van der Waals surface area contributed by atoms with Gasteiger partial charge >= 0.3 is 0 Å². The second-order valence-corrected chi connectivity index (χ2v) is 4.59. The Labute approximate surface area is 121 Å². The average Bonchev–Trinajstić information content (AvgIpc) is 2.95. The molecule has 1 aromatic carbocycles. The second kappa shape index (κ2) is 5.28. The fourth-order valence-corrected chi connectivity index (χ4v) is 2.21. The van der Waals surface area contributed by atoms with Crippen LogP contribution >= 0.6 is 0 Å². The van der Waals surface area contributed by atoms with Gasteiger partial charge in [0.2, 0.25) is 5.95 Å². The standard InChI is InChI=1S/C14H14N6O/c1-3-20-14(17-18-19-20)16-13(21)11-7-6-10-5-4-8-15-12(10)9(11)2/h4-8H,3H2,1-2H3,(H,16,17,19,21). The summed E-state index contributed by atoms with van der Waals surface area (Å²) in [5, 5.41) is 14.9. The molecule has 1 N–H and O–H groups in total. The third-order valence-corrected chi connectivity index (χ3v) is 3.33. The van der Waals surface area contributed by atoms with Crippen molar-refractivity contribution in [2.75, 3.05) is 5.32 Å². The molecule has 2 aromatic heterocycles. The van der Waals surface area contributed by atoms with Crippen LogP contribution in [0.3, 0.4) is 0 Å². The lowest BCUT2D eigenvalue weighted by molar-refractivity contribution is 0.102. The number of nitrogens with zero attached hydrogens (tertiary/aromatic N) is 5. The van der Waals surface area contributed by atoms with Crippen LogP contribution in [0.15, 0.2) is 30.5 Å². The molecule has 0 spiro atoms. The molecule has 0 aliphatic heterocycles. The molecule has 21 heavy (non-hydrogen) atoms. The van der Waals surface area contributed by atoms with Gasteiger partial charge in [0.1, 0.15) is 0 Å². The zero-order chi connectivity index (χ0) is 14.8. The average molecular weight is 282 g/mol. The normalized spacial score (nSPS) is 10.8. The van der Waals surface area contributed by atoms with Crippen molar-refractivity contribution in [1.82, 2.24) is 25.2 Å². The fraction of sp³-hybridized carbons (Fsp3) is 0.214. The van der Waals surface area contributed by atoms with Crippen LogP contribution in [-0.2, 0) is 6.54 Å². The largest absolute Gasteiger partial charge is 0.289 e. The van der Waals surface area contributed by atoms with Crippen LogP contribution in [0.25, 0.3) is 10.9 Å². The third-order valence-electron chi connectivity index (χ3n) is 3.33. The number of nitrogens with one attached hydrogen (secondary N) is 1. The van der Waals surface area contributed by atoms with Gasteiger partial charge in [0.15, 0.2) is 0 Å². The van der Waals surface area contributed by atoms with Crippen molar-refractivity contribution >= 4 is 22.8 Å². The number of aryl methyl sites for hydroxylation is 2. The van der Waals surface area contributed by atoms with E-state index in [1.54, 1.807) is 12.3 Å². The van der Waals surface area contributed by atoms with Crippen molar-refractivity contribution in [3.05, 3.63) is 41.6 Å². The maximum atomic E-state index is 12.4. The van der Waals surface area contributed by atoms with E-state index in [2.05, 4.69) is 25.8 Å². The quantitative estimate of drug-likeness (QED) is 0.791. The molecule has 0 aliphatic carbocycles. The van der Waals surface area contributed by atoms with Crippen molar-refractivity contribution in [3.8, 4) is 0 Å². The molecule has 0 saturated heterocycles. The molecule has 7 nitrogen and oxygen atoms in total. The number of fused-ring (bicyclic) bond motifs is 1. The molecule has 7 heteroatoms. The van der Waals surface area contributed by atoms with Crippen molar-refractivity contribution in [2.45, 2.75) is 20.4 Å². The Morgan fingerprint density at radius 2 is 2.19 bits per heavy atom. The third kappa shape index (κ3) is 2.33.